The van der Waals surface area contributed by atoms with Crippen LogP contribution in [0.5, 0.6) is 5.75 Å². The third-order valence-electron chi connectivity index (χ3n) is 5.15. The molecule has 28 heavy (non-hydrogen) atoms. The lowest BCUT2D eigenvalue weighted by atomic mass is 9.81. The summed E-state index contributed by atoms with van der Waals surface area (Å²) in [4.78, 5) is 11.6. The molecule has 0 amide bonds. The number of hydrogen-bond acceptors (Lipinski definition) is 5. The van der Waals surface area contributed by atoms with Crippen LogP contribution in [0.4, 0.5) is 13.2 Å². The second-order valence-corrected chi connectivity index (χ2v) is 6.92. The fraction of sp³-hybridized carbons (Fsp3) is 0.526. The van der Waals surface area contributed by atoms with Crippen molar-refractivity contribution >= 4 is 5.97 Å². The zero-order valence-corrected chi connectivity index (χ0v) is 15.7. The molecule has 0 spiro atoms. The fourth-order valence-electron chi connectivity index (χ4n) is 3.52. The average Bonchev–Trinajstić information content (AvgIpc) is 3.06. The number of esters is 1. The number of aromatic nitrogens is 3. The SMILES string of the molecule is COC(=O)[C@H]1CC[C@H](c2nnc(COc3cccc(C(F)(F)F)c3)n2C)CC1. The van der Waals surface area contributed by atoms with Crippen LogP contribution in [0.2, 0.25) is 0 Å². The first kappa shape index (κ1) is 20.2. The minimum absolute atomic E-state index is 0.0162. The summed E-state index contributed by atoms with van der Waals surface area (Å²) < 4.78 is 50.5. The molecule has 1 aliphatic rings. The molecule has 1 aromatic heterocycles. The first-order valence-electron chi connectivity index (χ1n) is 9.05. The molecule has 0 N–H and O–H groups in total. The minimum Gasteiger partial charge on any atom is -0.486 e. The quantitative estimate of drug-likeness (QED) is 0.717. The molecule has 6 nitrogen and oxygen atoms in total. The second kappa shape index (κ2) is 8.20. The highest BCUT2D eigenvalue weighted by Gasteiger charge is 2.31. The van der Waals surface area contributed by atoms with Gasteiger partial charge in [0.1, 0.15) is 18.2 Å². The Morgan fingerprint density at radius 1 is 1.21 bits per heavy atom. The third-order valence-corrected chi connectivity index (χ3v) is 5.15. The maximum atomic E-state index is 12.8. The van der Waals surface area contributed by atoms with E-state index in [1.54, 1.807) is 0 Å². The first-order valence-corrected chi connectivity index (χ1v) is 9.05. The Morgan fingerprint density at radius 2 is 1.93 bits per heavy atom. The number of carbonyl (C=O) groups is 1. The van der Waals surface area contributed by atoms with E-state index in [9.17, 15) is 18.0 Å². The van der Waals surface area contributed by atoms with Gasteiger partial charge in [0.2, 0.25) is 0 Å². The van der Waals surface area contributed by atoms with Crippen LogP contribution >= 0.6 is 0 Å². The topological polar surface area (TPSA) is 66.2 Å². The summed E-state index contributed by atoms with van der Waals surface area (Å²) >= 11 is 0. The highest BCUT2D eigenvalue weighted by atomic mass is 19.4. The van der Waals surface area contributed by atoms with Crippen molar-refractivity contribution in [3.63, 3.8) is 0 Å². The van der Waals surface area contributed by atoms with Crippen molar-refractivity contribution in [2.45, 2.75) is 44.4 Å². The maximum Gasteiger partial charge on any atom is 0.416 e. The van der Waals surface area contributed by atoms with Crippen molar-refractivity contribution in [2.24, 2.45) is 13.0 Å². The molecule has 0 saturated heterocycles. The first-order chi connectivity index (χ1) is 13.3. The molecule has 3 rings (SSSR count). The number of nitrogens with zero attached hydrogens (tertiary/aromatic N) is 3. The molecular weight excluding hydrogens is 375 g/mol. The van der Waals surface area contributed by atoms with E-state index in [0.29, 0.717) is 5.82 Å². The lowest BCUT2D eigenvalue weighted by Gasteiger charge is -2.26. The predicted molar refractivity (Wildman–Crippen MR) is 93.5 cm³/mol. The van der Waals surface area contributed by atoms with Crippen molar-refractivity contribution in [3.05, 3.63) is 41.5 Å². The van der Waals surface area contributed by atoms with Crippen LogP contribution in [0.15, 0.2) is 24.3 Å². The Hall–Kier alpha value is -2.58. The molecule has 1 aromatic carbocycles. The molecule has 9 heteroatoms. The average molecular weight is 397 g/mol. The largest absolute Gasteiger partial charge is 0.486 e. The second-order valence-electron chi connectivity index (χ2n) is 6.92. The maximum absolute atomic E-state index is 12.8. The highest BCUT2D eigenvalue weighted by molar-refractivity contribution is 5.72. The Bertz CT molecular complexity index is 827. The summed E-state index contributed by atoms with van der Waals surface area (Å²) in [7, 11) is 3.21. The number of ether oxygens (including phenoxy) is 2. The zero-order valence-electron chi connectivity index (χ0n) is 15.7. The van der Waals surface area contributed by atoms with E-state index in [-0.39, 0.29) is 30.2 Å². The van der Waals surface area contributed by atoms with Crippen LogP contribution in [0.3, 0.4) is 0 Å². The normalized spacial score (nSPS) is 20.0. The Morgan fingerprint density at radius 3 is 2.57 bits per heavy atom. The van der Waals surface area contributed by atoms with Gasteiger partial charge in [0.15, 0.2) is 5.82 Å². The smallest absolute Gasteiger partial charge is 0.416 e. The van der Waals surface area contributed by atoms with Crippen molar-refractivity contribution in [3.8, 4) is 5.75 Å². The summed E-state index contributed by atoms with van der Waals surface area (Å²) in [5, 5.41) is 8.36. The van der Waals surface area contributed by atoms with Gasteiger partial charge in [-0.1, -0.05) is 6.07 Å². The molecule has 1 fully saturated rings. The van der Waals surface area contributed by atoms with Crippen molar-refractivity contribution in [1.29, 1.82) is 0 Å². The summed E-state index contributed by atoms with van der Waals surface area (Å²) in [5.74, 6) is 1.39. The van der Waals surface area contributed by atoms with Gasteiger partial charge in [-0.05, 0) is 43.9 Å². The van der Waals surface area contributed by atoms with Crippen molar-refractivity contribution < 1.29 is 27.4 Å². The molecule has 0 atom stereocenters. The third kappa shape index (κ3) is 4.45. The molecule has 152 valence electrons. The van der Waals surface area contributed by atoms with Crippen LogP contribution in [0.25, 0.3) is 0 Å². The summed E-state index contributed by atoms with van der Waals surface area (Å²) in [6.07, 6.45) is -1.33. The van der Waals surface area contributed by atoms with Gasteiger partial charge in [-0.25, -0.2) is 0 Å². The predicted octanol–water partition coefficient (Wildman–Crippen LogP) is 3.86. The van der Waals surface area contributed by atoms with Crippen LogP contribution < -0.4 is 4.74 Å². The zero-order chi connectivity index (χ0) is 20.3. The lowest BCUT2D eigenvalue weighted by Crippen LogP contribution is -2.23. The Labute approximate surface area is 160 Å². The fourth-order valence-corrected chi connectivity index (χ4v) is 3.52. The summed E-state index contributed by atoms with van der Waals surface area (Å²) in [6, 6.07) is 4.74. The van der Waals surface area contributed by atoms with Gasteiger partial charge >= 0.3 is 12.1 Å². The molecule has 1 saturated carbocycles. The number of rotatable bonds is 5. The van der Waals surface area contributed by atoms with E-state index >= 15 is 0 Å². The monoisotopic (exact) mass is 397 g/mol. The number of halogens is 3. The number of benzene rings is 1. The van der Waals surface area contributed by atoms with E-state index in [2.05, 4.69) is 10.2 Å². The molecule has 0 bridgehead atoms. The molecule has 0 radical (unpaired) electrons. The van der Waals surface area contributed by atoms with E-state index in [4.69, 9.17) is 9.47 Å². The van der Waals surface area contributed by atoms with Gasteiger partial charge in [-0.3, -0.25) is 4.79 Å². The lowest BCUT2D eigenvalue weighted by molar-refractivity contribution is -0.146. The summed E-state index contributed by atoms with van der Waals surface area (Å²) in [5.41, 5.74) is -0.758. The van der Waals surface area contributed by atoms with Gasteiger partial charge in [0.05, 0.1) is 18.6 Å². The highest BCUT2D eigenvalue weighted by Crippen LogP contribution is 2.35. The molecule has 0 aliphatic heterocycles. The van der Waals surface area contributed by atoms with Crippen LogP contribution in [-0.4, -0.2) is 27.8 Å². The summed E-state index contributed by atoms with van der Waals surface area (Å²) in [6.45, 7) is 0.0162. The van der Waals surface area contributed by atoms with Crippen molar-refractivity contribution in [1.82, 2.24) is 14.8 Å². The van der Waals surface area contributed by atoms with Gasteiger partial charge in [0, 0.05) is 13.0 Å². The van der Waals surface area contributed by atoms with Gasteiger partial charge in [-0.15, -0.1) is 10.2 Å². The molecular formula is C19H22F3N3O3. The number of alkyl halides is 3. The van der Waals surface area contributed by atoms with Crippen LogP contribution in [-0.2, 0) is 29.4 Å². The Kier molecular flexibility index (Phi) is 5.90. The molecule has 1 heterocycles. The molecule has 1 aliphatic carbocycles. The van der Waals surface area contributed by atoms with Crippen LogP contribution in [0.1, 0.15) is 48.8 Å². The minimum atomic E-state index is -4.42. The van der Waals surface area contributed by atoms with E-state index in [1.807, 2.05) is 11.6 Å². The van der Waals surface area contributed by atoms with Gasteiger partial charge in [0.25, 0.3) is 0 Å². The van der Waals surface area contributed by atoms with E-state index in [1.165, 1.54) is 19.2 Å². The Balaban J connectivity index is 1.62. The number of carbonyl (C=O) groups excluding carboxylic acids is 1. The molecule has 2 aromatic rings. The van der Waals surface area contributed by atoms with Crippen molar-refractivity contribution in [2.75, 3.05) is 7.11 Å². The van der Waals surface area contributed by atoms with Gasteiger partial charge < -0.3 is 14.0 Å². The van der Waals surface area contributed by atoms with Gasteiger partial charge in [-0.2, -0.15) is 13.2 Å². The number of hydrogen-bond donors (Lipinski definition) is 0. The standard InChI is InChI=1S/C19H22F3N3O3/c1-25-16(11-28-15-5-3-4-14(10-15)19(20,21)22)23-24-17(25)12-6-8-13(9-7-12)18(26)27-2/h3-5,10,12-13H,6-9,11H2,1-2H3/t12-,13-. The van der Waals surface area contributed by atoms with Crippen LogP contribution in [0, 0.1) is 5.92 Å². The molecule has 0 unspecified atom stereocenters. The van der Waals surface area contributed by atoms with E-state index < -0.39 is 11.7 Å². The number of methoxy groups -OCH3 is 1. The van der Waals surface area contributed by atoms with E-state index in [0.717, 1.165) is 43.6 Å².